The number of halogens is 1. The predicted octanol–water partition coefficient (Wildman–Crippen LogP) is 1.42. The maximum Gasteiger partial charge on any atom is 0.167 e. The standard InChI is InChI=1S/C18H18ClN3O5S2/c19-10-2-1-8(17-16(26)15(25)14(24)12(5-23)27-17)3-9(10)4-13-21-22-18(29-13)11-6-28-7-20-11/h1-3,6-7,12,14-17,23-26H,4-5H2/t12-,14-,15+,16-,17+/m1/s1. The molecule has 0 radical (unpaired) electrons. The molecule has 3 heterocycles. The van der Waals surface area contributed by atoms with Gasteiger partial charge in [-0.05, 0) is 17.2 Å². The summed E-state index contributed by atoms with van der Waals surface area (Å²) in [7, 11) is 0. The molecule has 8 nitrogen and oxygen atoms in total. The number of hydrogen-bond acceptors (Lipinski definition) is 10. The van der Waals surface area contributed by atoms with Gasteiger partial charge in [0.25, 0.3) is 0 Å². The lowest BCUT2D eigenvalue weighted by molar-refractivity contribution is -0.231. The van der Waals surface area contributed by atoms with Crippen LogP contribution in [-0.4, -0.2) is 66.6 Å². The van der Waals surface area contributed by atoms with Crippen LogP contribution in [-0.2, 0) is 11.2 Å². The molecule has 0 unspecified atom stereocenters. The van der Waals surface area contributed by atoms with Crippen molar-refractivity contribution in [1.82, 2.24) is 15.2 Å². The number of rotatable bonds is 5. The van der Waals surface area contributed by atoms with Crippen LogP contribution < -0.4 is 0 Å². The predicted molar refractivity (Wildman–Crippen MR) is 108 cm³/mol. The van der Waals surface area contributed by atoms with Crippen molar-refractivity contribution in [1.29, 1.82) is 0 Å². The van der Waals surface area contributed by atoms with Gasteiger partial charge < -0.3 is 25.2 Å². The molecule has 1 aromatic carbocycles. The number of thiazole rings is 1. The van der Waals surface area contributed by atoms with Crippen molar-refractivity contribution >= 4 is 34.3 Å². The average molecular weight is 456 g/mol. The molecule has 4 N–H and O–H groups in total. The molecular weight excluding hydrogens is 438 g/mol. The van der Waals surface area contributed by atoms with Crippen LogP contribution in [0.15, 0.2) is 29.1 Å². The monoisotopic (exact) mass is 455 g/mol. The number of aliphatic hydroxyl groups excluding tert-OH is 4. The Morgan fingerprint density at radius 3 is 2.66 bits per heavy atom. The highest BCUT2D eigenvalue weighted by molar-refractivity contribution is 7.15. The largest absolute Gasteiger partial charge is 0.394 e. The maximum absolute atomic E-state index is 10.4. The van der Waals surface area contributed by atoms with Gasteiger partial charge in [0.15, 0.2) is 5.01 Å². The highest BCUT2D eigenvalue weighted by Gasteiger charge is 2.44. The molecule has 2 aromatic heterocycles. The summed E-state index contributed by atoms with van der Waals surface area (Å²) >= 11 is 9.25. The minimum atomic E-state index is -1.44. The second-order valence-corrected chi connectivity index (χ2v) is 8.84. The molecule has 0 aliphatic carbocycles. The summed E-state index contributed by atoms with van der Waals surface area (Å²) in [5.41, 5.74) is 3.84. The lowest BCUT2D eigenvalue weighted by atomic mass is 9.90. The third-order valence-electron chi connectivity index (χ3n) is 4.75. The summed E-state index contributed by atoms with van der Waals surface area (Å²) in [4.78, 5) is 4.23. The number of nitrogens with zero attached hydrogens (tertiary/aromatic N) is 3. The van der Waals surface area contributed by atoms with E-state index in [4.69, 9.17) is 16.3 Å². The fourth-order valence-electron chi connectivity index (χ4n) is 3.19. The first-order valence-corrected chi connectivity index (χ1v) is 10.9. The smallest absolute Gasteiger partial charge is 0.167 e. The van der Waals surface area contributed by atoms with E-state index in [1.165, 1.54) is 22.7 Å². The van der Waals surface area contributed by atoms with Crippen LogP contribution in [0.1, 0.15) is 22.2 Å². The summed E-state index contributed by atoms with van der Waals surface area (Å²) in [5.74, 6) is 0. The molecule has 3 aromatic rings. The van der Waals surface area contributed by atoms with Crippen LogP contribution in [0, 0.1) is 0 Å². The van der Waals surface area contributed by atoms with Crippen molar-refractivity contribution in [2.45, 2.75) is 36.9 Å². The molecule has 154 valence electrons. The normalized spacial score (nSPS) is 27.3. The Balaban J connectivity index is 1.58. The third kappa shape index (κ3) is 4.21. The summed E-state index contributed by atoms with van der Waals surface area (Å²) in [5, 5.41) is 52.0. The highest BCUT2D eigenvalue weighted by atomic mass is 35.5. The molecule has 0 spiro atoms. The zero-order valence-corrected chi connectivity index (χ0v) is 17.3. The van der Waals surface area contributed by atoms with Crippen LogP contribution in [0.3, 0.4) is 0 Å². The summed E-state index contributed by atoms with van der Waals surface area (Å²) in [6, 6.07) is 5.12. The Morgan fingerprint density at radius 2 is 1.93 bits per heavy atom. The summed E-state index contributed by atoms with van der Waals surface area (Å²) < 4.78 is 5.63. The average Bonchev–Trinajstić information content (AvgIpc) is 3.40. The fourth-order valence-corrected chi connectivity index (χ4v) is 4.82. The quantitative estimate of drug-likeness (QED) is 0.454. The van der Waals surface area contributed by atoms with Crippen LogP contribution in [0.25, 0.3) is 10.7 Å². The van der Waals surface area contributed by atoms with Crippen molar-refractivity contribution < 1.29 is 25.2 Å². The Kier molecular flexibility index (Phi) is 6.23. The first-order valence-electron chi connectivity index (χ1n) is 8.77. The van der Waals surface area contributed by atoms with E-state index < -0.39 is 37.1 Å². The first-order chi connectivity index (χ1) is 14.0. The number of benzene rings is 1. The lowest BCUT2D eigenvalue weighted by Gasteiger charge is -2.40. The Labute approximate surface area is 179 Å². The topological polar surface area (TPSA) is 129 Å². The van der Waals surface area contributed by atoms with Crippen molar-refractivity contribution in [3.8, 4) is 10.7 Å². The first kappa shape index (κ1) is 20.8. The van der Waals surface area contributed by atoms with E-state index in [-0.39, 0.29) is 0 Å². The van der Waals surface area contributed by atoms with Crippen molar-refractivity contribution in [2.24, 2.45) is 0 Å². The molecule has 1 aliphatic heterocycles. The third-order valence-corrected chi connectivity index (χ3v) is 6.65. The van der Waals surface area contributed by atoms with Crippen LogP contribution in [0.4, 0.5) is 0 Å². The van der Waals surface area contributed by atoms with Crippen molar-refractivity contribution in [3.05, 3.63) is 50.2 Å². The zero-order chi connectivity index (χ0) is 20.5. The zero-order valence-electron chi connectivity index (χ0n) is 14.9. The maximum atomic E-state index is 10.4. The van der Waals surface area contributed by atoms with E-state index in [2.05, 4.69) is 15.2 Å². The SMILES string of the molecule is OC[C@H]1O[C@@H](c2ccc(Cl)c(Cc3nnc(-c4cscn4)s3)c2)[C@H](O)[C@@H](O)[C@@H]1O. The molecule has 5 atom stereocenters. The minimum absolute atomic E-state index is 0.423. The van der Waals surface area contributed by atoms with Crippen LogP contribution in [0.2, 0.25) is 5.02 Å². The van der Waals surface area contributed by atoms with Gasteiger partial charge in [0.2, 0.25) is 0 Å². The molecular formula is C18H18ClN3O5S2. The molecule has 1 fully saturated rings. The van der Waals surface area contributed by atoms with E-state index in [1.807, 2.05) is 5.38 Å². The van der Waals surface area contributed by atoms with Gasteiger partial charge in [-0.15, -0.1) is 21.5 Å². The van der Waals surface area contributed by atoms with Gasteiger partial charge in [-0.25, -0.2) is 4.98 Å². The Bertz CT molecular complexity index is 968. The molecule has 1 aliphatic rings. The Hall–Kier alpha value is -1.50. The van der Waals surface area contributed by atoms with E-state index >= 15 is 0 Å². The molecule has 0 saturated carbocycles. The van der Waals surface area contributed by atoms with Crippen LogP contribution in [0.5, 0.6) is 0 Å². The molecule has 0 bridgehead atoms. The molecule has 4 rings (SSSR count). The van der Waals surface area contributed by atoms with Gasteiger partial charge in [0, 0.05) is 16.8 Å². The highest BCUT2D eigenvalue weighted by Crippen LogP contribution is 2.35. The van der Waals surface area contributed by atoms with E-state index in [1.54, 1.807) is 23.7 Å². The number of hydrogen-bond donors (Lipinski definition) is 4. The minimum Gasteiger partial charge on any atom is -0.394 e. The van der Waals surface area contributed by atoms with Crippen molar-refractivity contribution in [2.75, 3.05) is 6.61 Å². The second-order valence-electron chi connectivity index (χ2n) is 6.65. The molecule has 0 amide bonds. The van der Waals surface area contributed by atoms with Gasteiger partial charge in [0.05, 0.1) is 12.1 Å². The lowest BCUT2D eigenvalue weighted by Crippen LogP contribution is -2.55. The second kappa shape index (κ2) is 8.70. The number of aromatic nitrogens is 3. The van der Waals surface area contributed by atoms with Gasteiger partial charge in [0.1, 0.15) is 41.2 Å². The molecule has 1 saturated heterocycles. The Morgan fingerprint density at radius 1 is 1.10 bits per heavy atom. The van der Waals surface area contributed by atoms with Crippen LogP contribution >= 0.6 is 34.3 Å². The van der Waals surface area contributed by atoms with Gasteiger partial charge >= 0.3 is 0 Å². The molecule has 11 heteroatoms. The van der Waals surface area contributed by atoms with Gasteiger partial charge in [-0.2, -0.15) is 0 Å². The fraction of sp³-hybridized carbons (Fsp3) is 0.389. The van der Waals surface area contributed by atoms with E-state index in [0.29, 0.717) is 17.0 Å². The summed E-state index contributed by atoms with van der Waals surface area (Å²) in [6.45, 7) is -0.480. The molecule has 29 heavy (non-hydrogen) atoms. The van der Waals surface area contributed by atoms with E-state index in [9.17, 15) is 20.4 Å². The number of aliphatic hydroxyl groups is 4. The summed E-state index contributed by atoms with van der Waals surface area (Å²) in [6.07, 6.45) is -5.65. The van der Waals surface area contributed by atoms with Gasteiger partial charge in [-0.3, -0.25) is 0 Å². The van der Waals surface area contributed by atoms with E-state index in [0.717, 1.165) is 21.3 Å². The number of ether oxygens (including phenoxy) is 1. The van der Waals surface area contributed by atoms with Gasteiger partial charge in [-0.1, -0.05) is 35.1 Å². The van der Waals surface area contributed by atoms with Crippen molar-refractivity contribution in [3.63, 3.8) is 0 Å².